The minimum absolute atomic E-state index is 0.0463. The minimum atomic E-state index is -1.74. The molecule has 0 radical (unpaired) electrons. The second-order valence-corrected chi connectivity index (χ2v) is 14.2. The average molecular weight is 503 g/mol. The van der Waals surface area contributed by atoms with Gasteiger partial charge in [-0.25, -0.2) is 0 Å². The quantitative estimate of drug-likeness (QED) is 0.489. The van der Waals surface area contributed by atoms with Crippen molar-refractivity contribution in [3.63, 3.8) is 0 Å². The van der Waals surface area contributed by atoms with Crippen LogP contribution in [0, 0.1) is 45.3 Å². The lowest BCUT2D eigenvalue weighted by molar-refractivity contribution is -0.185. The van der Waals surface area contributed by atoms with Crippen molar-refractivity contribution >= 4 is 17.3 Å². The molecule has 6 heteroatoms. The van der Waals surface area contributed by atoms with Gasteiger partial charge in [0, 0.05) is 29.6 Å². The fourth-order valence-electron chi connectivity index (χ4n) is 9.24. The number of fused-ring (bicyclic) bond motifs is 5. The molecule has 3 fully saturated rings. The molecular weight excluding hydrogens is 456 g/mol. The summed E-state index contributed by atoms with van der Waals surface area (Å²) >= 11 is 0. The summed E-state index contributed by atoms with van der Waals surface area (Å²) in [5.41, 5.74) is -3.69. The zero-order valence-corrected chi connectivity index (χ0v) is 23.4. The van der Waals surface area contributed by atoms with Crippen LogP contribution in [0.3, 0.4) is 0 Å². The van der Waals surface area contributed by atoms with E-state index in [1.165, 1.54) is 6.92 Å². The molecule has 36 heavy (non-hydrogen) atoms. The topological polar surface area (TPSA) is 112 Å². The molecule has 0 aromatic rings. The molecule has 0 bridgehead atoms. The van der Waals surface area contributed by atoms with Crippen molar-refractivity contribution < 1.29 is 29.7 Å². The van der Waals surface area contributed by atoms with Gasteiger partial charge in [-0.05, 0) is 75.0 Å². The zero-order chi connectivity index (χ0) is 27.2. The van der Waals surface area contributed by atoms with Crippen molar-refractivity contribution in [1.29, 1.82) is 0 Å². The fourth-order valence-corrected chi connectivity index (χ4v) is 9.24. The van der Waals surface area contributed by atoms with Gasteiger partial charge in [-0.2, -0.15) is 0 Å². The van der Waals surface area contributed by atoms with E-state index in [1.807, 2.05) is 41.5 Å². The summed E-state index contributed by atoms with van der Waals surface area (Å²) in [5.74, 6) is -1.24. The summed E-state index contributed by atoms with van der Waals surface area (Å²) in [5, 5.41) is 33.8. The first-order chi connectivity index (χ1) is 16.4. The molecule has 0 amide bonds. The van der Waals surface area contributed by atoms with Gasteiger partial charge in [0.25, 0.3) is 0 Å². The van der Waals surface area contributed by atoms with E-state index in [9.17, 15) is 29.7 Å². The lowest BCUT2D eigenvalue weighted by atomic mass is 9.38. The van der Waals surface area contributed by atoms with Gasteiger partial charge in [-0.3, -0.25) is 14.4 Å². The maximum absolute atomic E-state index is 14.2. The first-order valence-corrected chi connectivity index (χ1v) is 13.8. The molecule has 3 saturated carbocycles. The standard InChI is InChI=1S/C30H46O6/c1-16(2)9-12-22(33)30(8,36)24-20(32)14-27(5)21-11-10-17-18(13-19(31)25(35)26(17,3)4)29(21,7)23(34)15-28(24,27)6/h10,16,18-21,24,31-32,36H,9,11-15H2,1-8H3/t18-,19?,20?,21-,24?,27-,28+,29+,30?/m0/s1. The Labute approximate surface area is 215 Å². The maximum Gasteiger partial charge on any atom is 0.170 e. The van der Waals surface area contributed by atoms with Crippen molar-refractivity contribution in [3.05, 3.63) is 11.6 Å². The van der Waals surface area contributed by atoms with Crippen LogP contribution >= 0.6 is 0 Å². The summed E-state index contributed by atoms with van der Waals surface area (Å²) in [4.78, 5) is 40.3. The molecule has 0 aromatic carbocycles. The molecule has 9 atom stereocenters. The molecule has 0 aromatic heterocycles. The van der Waals surface area contributed by atoms with Crippen molar-refractivity contribution in [2.45, 2.75) is 112 Å². The smallest absolute Gasteiger partial charge is 0.170 e. The van der Waals surface area contributed by atoms with Crippen molar-refractivity contribution in [2.24, 2.45) is 45.3 Å². The number of allylic oxidation sites excluding steroid dienone is 2. The Morgan fingerprint density at radius 1 is 1.11 bits per heavy atom. The van der Waals surface area contributed by atoms with Gasteiger partial charge >= 0.3 is 0 Å². The predicted molar refractivity (Wildman–Crippen MR) is 137 cm³/mol. The van der Waals surface area contributed by atoms with Crippen LogP contribution in [0.5, 0.6) is 0 Å². The van der Waals surface area contributed by atoms with Crippen LogP contribution in [0.2, 0.25) is 0 Å². The summed E-state index contributed by atoms with van der Waals surface area (Å²) in [6, 6.07) is 0. The number of ketones is 3. The third-order valence-electron chi connectivity index (χ3n) is 11.5. The van der Waals surface area contributed by atoms with Crippen LogP contribution in [0.15, 0.2) is 11.6 Å². The van der Waals surface area contributed by atoms with Crippen molar-refractivity contribution in [1.82, 2.24) is 0 Å². The normalized spacial score (nSPS) is 45.4. The highest BCUT2D eigenvalue weighted by Crippen LogP contribution is 2.74. The molecule has 4 aliphatic rings. The van der Waals surface area contributed by atoms with Crippen LogP contribution in [0.1, 0.15) is 93.9 Å². The third-order valence-corrected chi connectivity index (χ3v) is 11.5. The lowest BCUT2D eigenvalue weighted by Crippen LogP contribution is -2.65. The SMILES string of the molecule is CC(C)CCC(=O)C(C)(O)C1C(O)C[C@@]2(C)[C@@H]3CC=C4[C@H](CC(O)C(=O)C4(C)C)[C@@]3(C)C(=O)C[C@]12C. The van der Waals surface area contributed by atoms with E-state index in [2.05, 4.69) is 13.0 Å². The van der Waals surface area contributed by atoms with Gasteiger partial charge in [-0.15, -0.1) is 0 Å². The van der Waals surface area contributed by atoms with E-state index in [-0.39, 0.29) is 48.4 Å². The number of aliphatic hydroxyl groups is 3. The number of carbonyl (C=O) groups is 3. The Balaban J connectivity index is 1.78. The number of carbonyl (C=O) groups excluding carboxylic acids is 3. The van der Waals surface area contributed by atoms with Crippen molar-refractivity contribution in [3.8, 4) is 0 Å². The Hall–Kier alpha value is -1.37. The van der Waals surface area contributed by atoms with Crippen LogP contribution in [-0.4, -0.2) is 50.5 Å². The number of Topliss-reactive ketones (excluding diaryl/α,β-unsaturated/α-hetero) is 3. The fraction of sp³-hybridized carbons (Fsp3) is 0.833. The highest BCUT2D eigenvalue weighted by molar-refractivity contribution is 5.95. The zero-order valence-electron chi connectivity index (χ0n) is 23.4. The number of aliphatic hydroxyl groups excluding tert-OH is 2. The van der Waals surface area contributed by atoms with E-state index in [1.54, 1.807) is 0 Å². The van der Waals surface area contributed by atoms with E-state index in [0.29, 0.717) is 25.2 Å². The predicted octanol–water partition coefficient (Wildman–Crippen LogP) is 4.04. The first-order valence-electron chi connectivity index (χ1n) is 13.8. The molecule has 3 N–H and O–H groups in total. The van der Waals surface area contributed by atoms with Gasteiger partial charge in [0.15, 0.2) is 11.6 Å². The van der Waals surface area contributed by atoms with E-state index < -0.39 is 45.4 Å². The third kappa shape index (κ3) is 3.42. The van der Waals surface area contributed by atoms with Gasteiger partial charge in [0.1, 0.15) is 17.5 Å². The van der Waals surface area contributed by atoms with Crippen LogP contribution < -0.4 is 0 Å². The summed E-state index contributed by atoms with van der Waals surface area (Å²) in [7, 11) is 0. The number of rotatable bonds is 5. The van der Waals surface area contributed by atoms with Gasteiger partial charge in [0.05, 0.1) is 6.10 Å². The van der Waals surface area contributed by atoms with Gasteiger partial charge < -0.3 is 15.3 Å². The molecule has 6 nitrogen and oxygen atoms in total. The molecule has 4 unspecified atom stereocenters. The Kier molecular flexibility index (Phi) is 6.39. The highest BCUT2D eigenvalue weighted by Gasteiger charge is 2.74. The molecule has 0 heterocycles. The van der Waals surface area contributed by atoms with E-state index in [4.69, 9.17) is 0 Å². The largest absolute Gasteiger partial charge is 0.393 e. The van der Waals surface area contributed by atoms with Crippen molar-refractivity contribution in [2.75, 3.05) is 0 Å². The molecule has 0 saturated heterocycles. The first kappa shape index (κ1) is 27.7. The average Bonchev–Trinajstić information content (AvgIpc) is 2.96. The number of hydrogen-bond donors (Lipinski definition) is 3. The Morgan fingerprint density at radius 2 is 1.72 bits per heavy atom. The second-order valence-electron chi connectivity index (χ2n) is 14.2. The number of hydrogen-bond acceptors (Lipinski definition) is 6. The monoisotopic (exact) mass is 502 g/mol. The molecular formula is C30H46O6. The molecule has 202 valence electrons. The van der Waals surface area contributed by atoms with Crippen LogP contribution in [0.25, 0.3) is 0 Å². The maximum atomic E-state index is 14.2. The van der Waals surface area contributed by atoms with Gasteiger partial charge in [-0.1, -0.05) is 46.3 Å². The lowest BCUT2D eigenvalue weighted by Gasteiger charge is -2.64. The van der Waals surface area contributed by atoms with Crippen LogP contribution in [-0.2, 0) is 14.4 Å². The summed E-state index contributed by atoms with van der Waals surface area (Å²) < 4.78 is 0. The molecule has 4 aliphatic carbocycles. The summed E-state index contributed by atoms with van der Waals surface area (Å²) in [6.07, 6.45) is 2.38. The highest BCUT2D eigenvalue weighted by atomic mass is 16.3. The van der Waals surface area contributed by atoms with E-state index in [0.717, 1.165) is 5.57 Å². The van der Waals surface area contributed by atoms with Crippen LogP contribution in [0.4, 0.5) is 0 Å². The Morgan fingerprint density at radius 3 is 2.31 bits per heavy atom. The minimum Gasteiger partial charge on any atom is -0.393 e. The molecule has 4 rings (SSSR count). The second kappa shape index (κ2) is 8.31. The molecule has 0 aliphatic heterocycles. The van der Waals surface area contributed by atoms with Gasteiger partial charge in [0.2, 0.25) is 0 Å². The summed E-state index contributed by atoms with van der Waals surface area (Å²) in [6.45, 7) is 15.4. The Bertz CT molecular complexity index is 1010. The van der Waals surface area contributed by atoms with E-state index >= 15 is 0 Å². The molecule has 0 spiro atoms.